The van der Waals surface area contributed by atoms with Gasteiger partial charge in [-0.3, -0.25) is 5.84 Å². The van der Waals surface area contributed by atoms with Crippen LogP contribution >= 0.6 is 11.3 Å². The molecule has 0 aromatic carbocycles. The Balaban J connectivity index is 2.12. The predicted octanol–water partition coefficient (Wildman–Crippen LogP) is 0.989. The molecule has 0 saturated heterocycles. The molecule has 2 aromatic rings. The van der Waals surface area contributed by atoms with E-state index in [0.29, 0.717) is 12.2 Å². The highest BCUT2D eigenvalue weighted by Gasteiger charge is 2.14. The second kappa shape index (κ2) is 5.11. The van der Waals surface area contributed by atoms with Gasteiger partial charge >= 0.3 is 0 Å². The molecular weight excluding hydrogens is 222 g/mol. The number of nitrogens with one attached hydrogen (secondary N) is 1. The average molecular weight is 235 g/mol. The summed E-state index contributed by atoms with van der Waals surface area (Å²) in [6.45, 7) is 1.98. The minimum absolute atomic E-state index is 0.0947. The Bertz CT molecular complexity index is 441. The van der Waals surface area contributed by atoms with Gasteiger partial charge in [0.2, 0.25) is 0 Å². The van der Waals surface area contributed by atoms with E-state index < -0.39 is 0 Å². The SMILES string of the molecule is Cc1nc(CC(NN)c2ncccn2)cs1. The predicted molar refractivity (Wildman–Crippen MR) is 62.7 cm³/mol. The molecule has 0 aliphatic heterocycles. The van der Waals surface area contributed by atoms with Crippen LogP contribution in [0.25, 0.3) is 0 Å². The number of nitrogens with zero attached hydrogens (tertiary/aromatic N) is 3. The van der Waals surface area contributed by atoms with Gasteiger partial charge < -0.3 is 0 Å². The van der Waals surface area contributed by atoms with Gasteiger partial charge in [-0.15, -0.1) is 11.3 Å². The van der Waals surface area contributed by atoms with Crippen LogP contribution in [0.4, 0.5) is 0 Å². The van der Waals surface area contributed by atoms with E-state index in [2.05, 4.69) is 20.4 Å². The van der Waals surface area contributed by atoms with Crippen LogP contribution in [0.15, 0.2) is 23.8 Å². The molecule has 0 aliphatic rings. The zero-order chi connectivity index (χ0) is 11.4. The zero-order valence-corrected chi connectivity index (χ0v) is 9.74. The molecule has 6 heteroatoms. The summed E-state index contributed by atoms with van der Waals surface area (Å²) < 4.78 is 0. The van der Waals surface area contributed by atoms with Gasteiger partial charge in [0, 0.05) is 24.2 Å². The molecule has 3 N–H and O–H groups in total. The minimum Gasteiger partial charge on any atom is -0.271 e. The normalized spacial score (nSPS) is 12.6. The second-order valence-corrected chi connectivity index (χ2v) is 4.45. The Labute approximate surface area is 97.7 Å². The van der Waals surface area contributed by atoms with Crippen LogP contribution in [0, 0.1) is 6.92 Å². The Hall–Kier alpha value is -1.37. The van der Waals surface area contributed by atoms with Gasteiger partial charge in [0.25, 0.3) is 0 Å². The van der Waals surface area contributed by atoms with Crippen molar-refractivity contribution in [2.24, 2.45) is 5.84 Å². The van der Waals surface area contributed by atoms with Crippen molar-refractivity contribution in [3.05, 3.63) is 40.4 Å². The molecule has 5 nitrogen and oxygen atoms in total. The fraction of sp³-hybridized carbons (Fsp3) is 0.300. The molecule has 2 rings (SSSR count). The van der Waals surface area contributed by atoms with Gasteiger partial charge in [0.15, 0.2) is 0 Å². The van der Waals surface area contributed by atoms with E-state index in [1.807, 2.05) is 12.3 Å². The molecular formula is C10H13N5S. The molecule has 0 amide bonds. The van der Waals surface area contributed by atoms with Crippen molar-refractivity contribution in [2.75, 3.05) is 0 Å². The standard InChI is InChI=1S/C10H13N5S/c1-7-14-8(6-16-7)5-9(15-11)10-12-3-2-4-13-10/h2-4,6,9,15H,5,11H2,1H3. The molecule has 0 aliphatic carbocycles. The first-order valence-electron chi connectivity index (χ1n) is 4.93. The van der Waals surface area contributed by atoms with E-state index in [4.69, 9.17) is 5.84 Å². The summed E-state index contributed by atoms with van der Waals surface area (Å²) >= 11 is 1.63. The van der Waals surface area contributed by atoms with Gasteiger partial charge in [0.05, 0.1) is 16.7 Å². The van der Waals surface area contributed by atoms with E-state index in [-0.39, 0.29) is 6.04 Å². The van der Waals surface area contributed by atoms with Gasteiger partial charge in [-0.2, -0.15) is 0 Å². The van der Waals surface area contributed by atoms with E-state index in [1.54, 1.807) is 29.8 Å². The smallest absolute Gasteiger partial charge is 0.146 e. The summed E-state index contributed by atoms with van der Waals surface area (Å²) in [7, 11) is 0. The van der Waals surface area contributed by atoms with E-state index in [9.17, 15) is 0 Å². The number of thiazole rings is 1. The second-order valence-electron chi connectivity index (χ2n) is 3.39. The lowest BCUT2D eigenvalue weighted by Crippen LogP contribution is -2.31. The molecule has 0 spiro atoms. The third-order valence-electron chi connectivity index (χ3n) is 2.18. The van der Waals surface area contributed by atoms with Crippen molar-refractivity contribution in [1.29, 1.82) is 0 Å². The number of hydrogen-bond acceptors (Lipinski definition) is 6. The lowest BCUT2D eigenvalue weighted by atomic mass is 10.1. The highest BCUT2D eigenvalue weighted by molar-refractivity contribution is 7.09. The maximum atomic E-state index is 5.51. The van der Waals surface area contributed by atoms with Crippen molar-refractivity contribution in [2.45, 2.75) is 19.4 Å². The first-order chi connectivity index (χ1) is 7.79. The van der Waals surface area contributed by atoms with Crippen LogP contribution in [0.2, 0.25) is 0 Å². The van der Waals surface area contributed by atoms with Crippen molar-refractivity contribution in [3.8, 4) is 0 Å². The number of rotatable bonds is 4. The monoisotopic (exact) mass is 235 g/mol. The van der Waals surface area contributed by atoms with Crippen LogP contribution in [0.3, 0.4) is 0 Å². The fourth-order valence-corrected chi connectivity index (χ4v) is 2.05. The van der Waals surface area contributed by atoms with Crippen LogP contribution in [-0.4, -0.2) is 15.0 Å². The fourth-order valence-electron chi connectivity index (χ4n) is 1.43. The van der Waals surface area contributed by atoms with Crippen LogP contribution in [-0.2, 0) is 6.42 Å². The maximum Gasteiger partial charge on any atom is 0.146 e. The highest BCUT2D eigenvalue weighted by atomic mass is 32.1. The zero-order valence-electron chi connectivity index (χ0n) is 8.92. The van der Waals surface area contributed by atoms with E-state index in [0.717, 1.165) is 10.7 Å². The minimum atomic E-state index is -0.0947. The topological polar surface area (TPSA) is 76.7 Å². The lowest BCUT2D eigenvalue weighted by Gasteiger charge is -2.12. The van der Waals surface area contributed by atoms with Crippen molar-refractivity contribution < 1.29 is 0 Å². The molecule has 0 saturated carbocycles. The molecule has 2 heterocycles. The third kappa shape index (κ3) is 2.60. The quantitative estimate of drug-likeness (QED) is 0.610. The molecule has 2 aromatic heterocycles. The Morgan fingerprint density at radius 3 is 2.75 bits per heavy atom. The molecule has 1 unspecified atom stereocenters. The molecule has 1 atom stereocenters. The molecule has 16 heavy (non-hydrogen) atoms. The Kier molecular flexibility index (Phi) is 3.55. The van der Waals surface area contributed by atoms with E-state index in [1.165, 1.54) is 0 Å². The van der Waals surface area contributed by atoms with Crippen LogP contribution in [0.5, 0.6) is 0 Å². The van der Waals surface area contributed by atoms with Crippen molar-refractivity contribution in [1.82, 2.24) is 20.4 Å². The Morgan fingerprint density at radius 2 is 2.19 bits per heavy atom. The van der Waals surface area contributed by atoms with Crippen LogP contribution in [0.1, 0.15) is 22.6 Å². The van der Waals surface area contributed by atoms with Gasteiger partial charge in [-0.1, -0.05) is 0 Å². The number of aryl methyl sites for hydroxylation is 1. The van der Waals surface area contributed by atoms with Crippen molar-refractivity contribution in [3.63, 3.8) is 0 Å². The first-order valence-corrected chi connectivity index (χ1v) is 5.81. The number of aromatic nitrogens is 3. The number of nitrogens with two attached hydrogens (primary N) is 1. The number of hydrazine groups is 1. The summed E-state index contributed by atoms with van der Waals surface area (Å²) in [5.41, 5.74) is 3.73. The molecule has 0 bridgehead atoms. The number of hydrogen-bond donors (Lipinski definition) is 2. The highest BCUT2D eigenvalue weighted by Crippen LogP contribution is 2.15. The first kappa shape index (κ1) is 11.1. The van der Waals surface area contributed by atoms with Gasteiger partial charge in [0.1, 0.15) is 5.82 Å². The molecule has 84 valence electrons. The lowest BCUT2D eigenvalue weighted by molar-refractivity contribution is 0.518. The van der Waals surface area contributed by atoms with Gasteiger partial charge in [-0.05, 0) is 13.0 Å². The maximum absolute atomic E-state index is 5.51. The van der Waals surface area contributed by atoms with E-state index >= 15 is 0 Å². The third-order valence-corrected chi connectivity index (χ3v) is 3.00. The van der Waals surface area contributed by atoms with Crippen LogP contribution < -0.4 is 11.3 Å². The summed E-state index contributed by atoms with van der Waals surface area (Å²) in [6, 6.07) is 1.69. The summed E-state index contributed by atoms with van der Waals surface area (Å²) in [5.74, 6) is 6.20. The van der Waals surface area contributed by atoms with Gasteiger partial charge in [-0.25, -0.2) is 20.4 Å². The van der Waals surface area contributed by atoms with Crippen molar-refractivity contribution >= 4 is 11.3 Å². The average Bonchev–Trinajstić information content (AvgIpc) is 2.73. The summed E-state index contributed by atoms with van der Waals surface area (Å²) in [4.78, 5) is 12.7. The molecule has 0 fully saturated rings. The summed E-state index contributed by atoms with van der Waals surface area (Å²) in [5, 5.41) is 3.09. The Morgan fingerprint density at radius 1 is 1.44 bits per heavy atom. The molecule has 0 radical (unpaired) electrons. The largest absolute Gasteiger partial charge is 0.271 e. The summed E-state index contributed by atoms with van der Waals surface area (Å²) in [6.07, 6.45) is 4.11.